The molecule has 0 bridgehead atoms. The zero-order valence-corrected chi connectivity index (χ0v) is 32.8. The van der Waals surface area contributed by atoms with Crippen molar-refractivity contribution in [3.05, 3.63) is 42.7 Å². The standard InChI is InChI=1S/C18H23NO4S.C12H19NO2.C6H5BrO2S/c1-18(2,3)23-17(21)19-9-7-13(8-10-19)5-6-14-11-15(24-12-14)16(20)22-4;1-5-10-6-8-13(9-7-10)11(14)15-12(2,3)4;1-9-6(8)5-2-4(7)3-10-5/h11-13H,7-10H2,1-4H3;1,10H,6-9H2,2-4H3;2-3H,1H3. The molecule has 2 amide bonds. The van der Waals surface area contributed by atoms with Crippen molar-refractivity contribution >= 4 is 62.7 Å². The number of amides is 2. The summed E-state index contributed by atoms with van der Waals surface area (Å²) >= 11 is 5.92. The van der Waals surface area contributed by atoms with Gasteiger partial charge in [-0.3, -0.25) is 0 Å². The Morgan fingerprint density at radius 1 is 0.755 bits per heavy atom. The number of terminal acetylenes is 1. The maximum Gasteiger partial charge on any atom is 0.410 e. The molecule has 0 saturated carbocycles. The Bertz CT molecular complexity index is 1500. The van der Waals surface area contributed by atoms with Crippen LogP contribution in [0.1, 0.15) is 92.1 Å². The number of hydrogen-bond donors (Lipinski definition) is 0. The molecule has 0 aliphatic carbocycles. The molecule has 268 valence electrons. The molecule has 2 fully saturated rings. The lowest BCUT2D eigenvalue weighted by Gasteiger charge is -2.31. The Morgan fingerprint density at radius 3 is 1.57 bits per heavy atom. The van der Waals surface area contributed by atoms with Crippen LogP contribution in [0.2, 0.25) is 0 Å². The van der Waals surface area contributed by atoms with Gasteiger partial charge >= 0.3 is 24.1 Å². The van der Waals surface area contributed by atoms with E-state index in [1.807, 2.05) is 52.3 Å². The van der Waals surface area contributed by atoms with Gasteiger partial charge in [0, 0.05) is 58.8 Å². The summed E-state index contributed by atoms with van der Waals surface area (Å²) in [4.78, 5) is 50.5. The van der Waals surface area contributed by atoms with Crippen molar-refractivity contribution < 1.29 is 38.1 Å². The zero-order chi connectivity index (χ0) is 36.8. The van der Waals surface area contributed by atoms with Gasteiger partial charge in [0.15, 0.2) is 0 Å². The van der Waals surface area contributed by atoms with Gasteiger partial charge in [-0.2, -0.15) is 0 Å². The van der Waals surface area contributed by atoms with E-state index >= 15 is 0 Å². The summed E-state index contributed by atoms with van der Waals surface area (Å²) in [6.07, 6.45) is 8.30. The average molecular weight is 780 g/mol. The van der Waals surface area contributed by atoms with E-state index in [0.29, 0.717) is 41.9 Å². The summed E-state index contributed by atoms with van der Waals surface area (Å²) < 4.78 is 20.8. The number of nitrogens with zero attached hydrogens (tertiary/aromatic N) is 2. The Kier molecular flexibility index (Phi) is 16.7. The highest BCUT2D eigenvalue weighted by molar-refractivity contribution is 9.10. The summed E-state index contributed by atoms with van der Waals surface area (Å²) in [6, 6.07) is 3.48. The van der Waals surface area contributed by atoms with Crippen molar-refractivity contribution in [2.75, 3.05) is 40.4 Å². The molecule has 0 radical (unpaired) electrons. The number of carbonyl (C=O) groups is 4. The molecule has 2 aromatic heterocycles. The molecule has 0 atom stereocenters. The molecular formula is C36H47BrN2O8S2. The molecule has 4 heterocycles. The van der Waals surface area contributed by atoms with Crippen LogP contribution in [-0.2, 0) is 18.9 Å². The highest BCUT2D eigenvalue weighted by Crippen LogP contribution is 2.22. The molecule has 2 saturated heterocycles. The topological polar surface area (TPSA) is 112 Å². The second-order valence-corrected chi connectivity index (χ2v) is 16.0. The normalized spacial score (nSPS) is 15.1. The van der Waals surface area contributed by atoms with E-state index < -0.39 is 11.2 Å². The molecule has 2 aromatic rings. The first kappa shape index (κ1) is 41.7. The van der Waals surface area contributed by atoms with Crippen molar-refractivity contribution in [2.24, 2.45) is 11.8 Å². The molecule has 0 N–H and O–H groups in total. The summed E-state index contributed by atoms with van der Waals surface area (Å²) in [5, 5.41) is 3.70. The van der Waals surface area contributed by atoms with Gasteiger partial charge in [-0.15, -0.1) is 35.0 Å². The van der Waals surface area contributed by atoms with Gasteiger partial charge in [-0.25, -0.2) is 19.2 Å². The van der Waals surface area contributed by atoms with Crippen LogP contribution in [0, 0.1) is 36.0 Å². The molecule has 4 rings (SSSR count). The fourth-order valence-corrected chi connectivity index (χ4v) is 6.50. The van der Waals surface area contributed by atoms with Crippen molar-refractivity contribution in [3.8, 4) is 24.2 Å². The highest BCUT2D eigenvalue weighted by Gasteiger charge is 2.27. The monoisotopic (exact) mass is 778 g/mol. The second-order valence-electron chi connectivity index (χ2n) is 13.2. The van der Waals surface area contributed by atoms with E-state index in [1.165, 1.54) is 36.9 Å². The van der Waals surface area contributed by atoms with E-state index in [4.69, 9.17) is 15.9 Å². The predicted molar refractivity (Wildman–Crippen MR) is 196 cm³/mol. The summed E-state index contributed by atoms with van der Waals surface area (Å²) in [7, 11) is 2.74. The SMILES string of the molecule is C#CC1CCN(C(=O)OC(C)(C)C)CC1.COC(=O)c1cc(Br)cs1.COC(=O)c1cc(C#CC2CCN(C(=O)OC(C)(C)C)CC2)cs1. The minimum atomic E-state index is -0.468. The number of likely N-dealkylation sites (tertiary alicyclic amines) is 2. The lowest BCUT2D eigenvalue weighted by molar-refractivity contribution is 0.0189. The number of hydrogen-bond acceptors (Lipinski definition) is 10. The van der Waals surface area contributed by atoms with E-state index in [0.717, 1.165) is 35.7 Å². The quantitative estimate of drug-likeness (QED) is 0.171. The number of ether oxygens (including phenoxy) is 4. The second kappa shape index (κ2) is 19.6. The number of esters is 2. The largest absolute Gasteiger partial charge is 0.465 e. The predicted octanol–water partition coefficient (Wildman–Crippen LogP) is 8.10. The minimum absolute atomic E-state index is 0.224. The van der Waals surface area contributed by atoms with Gasteiger partial charge in [-0.05, 0) is 95.3 Å². The number of carbonyl (C=O) groups excluding carboxylic acids is 4. The number of halogens is 1. The van der Waals surface area contributed by atoms with Crippen LogP contribution in [0.15, 0.2) is 27.4 Å². The summed E-state index contributed by atoms with van der Waals surface area (Å²) in [5.41, 5.74) is -0.0562. The molecule has 0 unspecified atom stereocenters. The van der Waals surface area contributed by atoms with Crippen LogP contribution >= 0.6 is 38.6 Å². The lowest BCUT2D eigenvalue weighted by atomic mass is 9.97. The molecule has 10 nitrogen and oxygen atoms in total. The fraction of sp³-hybridized carbons (Fsp3) is 0.556. The summed E-state index contributed by atoms with van der Waals surface area (Å²) in [6.45, 7) is 14.0. The van der Waals surface area contributed by atoms with Gasteiger partial charge in [0.2, 0.25) is 0 Å². The lowest BCUT2D eigenvalue weighted by Crippen LogP contribution is -2.41. The van der Waals surface area contributed by atoms with Crippen LogP contribution in [0.5, 0.6) is 0 Å². The van der Waals surface area contributed by atoms with E-state index in [9.17, 15) is 19.2 Å². The first-order chi connectivity index (χ1) is 22.9. The number of rotatable bonds is 2. The smallest absolute Gasteiger partial charge is 0.410 e. The molecule has 13 heteroatoms. The van der Waals surface area contributed by atoms with E-state index in [1.54, 1.807) is 21.9 Å². The Balaban J connectivity index is 0.000000283. The van der Waals surface area contributed by atoms with Crippen molar-refractivity contribution in [2.45, 2.75) is 78.4 Å². The Labute approximate surface area is 306 Å². The van der Waals surface area contributed by atoms with Crippen LogP contribution in [0.4, 0.5) is 9.59 Å². The van der Waals surface area contributed by atoms with Gasteiger partial charge < -0.3 is 28.7 Å². The van der Waals surface area contributed by atoms with Crippen LogP contribution in [0.3, 0.4) is 0 Å². The van der Waals surface area contributed by atoms with Crippen LogP contribution in [-0.4, -0.2) is 85.5 Å². The Morgan fingerprint density at radius 2 is 1.18 bits per heavy atom. The fourth-order valence-electron chi connectivity index (χ4n) is 4.40. The maximum absolute atomic E-state index is 12.0. The van der Waals surface area contributed by atoms with Gasteiger partial charge in [-0.1, -0.05) is 11.8 Å². The maximum atomic E-state index is 12.0. The van der Waals surface area contributed by atoms with Gasteiger partial charge in [0.1, 0.15) is 21.0 Å². The van der Waals surface area contributed by atoms with Gasteiger partial charge in [0.25, 0.3) is 0 Å². The molecule has 2 aliphatic rings. The van der Waals surface area contributed by atoms with Crippen LogP contribution in [0.25, 0.3) is 0 Å². The van der Waals surface area contributed by atoms with Crippen molar-refractivity contribution in [1.29, 1.82) is 0 Å². The van der Waals surface area contributed by atoms with Crippen LogP contribution < -0.4 is 0 Å². The minimum Gasteiger partial charge on any atom is -0.465 e. The van der Waals surface area contributed by atoms with E-state index in [-0.39, 0.29) is 30.0 Å². The number of thiophene rings is 2. The average Bonchev–Trinajstić information content (AvgIpc) is 3.71. The van der Waals surface area contributed by atoms with Crippen molar-refractivity contribution in [1.82, 2.24) is 9.80 Å². The highest BCUT2D eigenvalue weighted by atomic mass is 79.9. The molecule has 49 heavy (non-hydrogen) atoms. The molecular weight excluding hydrogens is 732 g/mol. The Hall–Kier alpha value is -3.52. The van der Waals surface area contributed by atoms with E-state index in [2.05, 4.69) is 43.2 Å². The molecule has 2 aliphatic heterocycles. The van der Waals surface area contributed by atoms with Gasteiger partial charge in [0.05, 0.1) is 14.2 Å². The third kappa shape index (κ3) is 15.7. The molecule has 0 spiro atoms. The molecule has 0 aromatic carbocycles. The number of methoxy groups -OCH3 is 2. The third-order valence-electron chi connectivity index (χ3n) is 6.89. The summed E-state index contributed by atoms with van der Waals surface area (Å²) in [5.74, 6) is 9.05. The number of piperidine rings is 2. The third-order valence-corrected chi connectivity index (χ3v) is 9.47. The van der Waals surface area contributed by atoms with Crippen molar-refractivity contribution in [3.63, 3.8) is 0 Å². The first-order valence-corrected chi connectivity index (χ1v) is 18.4. The first-order valence-electron chi connectivity index (χ1n) is 15.9. The zero-order valence-electron chi connectivity index (χ0n) is 29.6.